The van der Waals surface area contributed by atoms with Gasteiger partial charge in [0.15, 0.2) is 0 Å². The van der Waals surface area contributed by atoms with Crippen LogP contribution in [0.1, 0.15) is 78.2 Å². The monoisotopic (exact) mass is 426 g/mol. The summed E-state index contributed by atoms with van der Waals surface area (Å²) in [5.74, 6) is -0.638. The molecule has 0 heterocycles. The van der Waals surface area contributed by atoms with Crippen LogP contribution < -0.4 is 0 Å². The summed E-state index contributed by atoms with van der Waals surface area (Å²) in [4.78, 5) is 13.7. The molecule has 0 aliphatic heterocycles. The number of carbonyl (C=O) groups is 1. The normalized spacial score (nSPS) is 21.1. The molecule has 0 aromatic heterocycles. The van der Waals surface area contributed by atoms with Crippen molar-refractivity contribution in [2.24, 2.45) is 11.3 Å². The third-order valence-corrected chi connectivity index (χ3v) is 8.30. The van der Waals surface area contributed by atoms with Gasteiger partial charge in [-0.2, -0.15) is 0 Å². The fraction of sp³-hybridized carbons (Fsp3) is 0.696. The maximum absolute atomic E-state index is 13.4. The number of benzene rings is 1. The Labute approximate surface area is 178 Å². The Hall–Kier alpha value is -0.870. The van der Waals surface area contributed by atoms with Gasteiger partial charge in [0, 0.05) is 10.3 Å². The summed E-state index contributed by atoms with van der Waals surface area (Å²) < 4.78 is 18.5. The molecular weight excluding hydrogens is 392 g/mol. The van der Waals surface area contributed by atoms with Crippen molar-refractivity contribution in [3.05, 3.63) is 29.8 Å². The molecule has 5 heteroatoms. The van der Waals surface area contributed by atoms with Gasteiger partial charge in [-0.05, 0) is 52.7 Å². The first kappa shape index (κ1) is 23.4. The topological polar surface area (TPSA) is 43.4 Å². The molecule has 1 aliphatic rings. The number of esters is 1. The average molecular weight is 427 g/mol. The van der Waals surface area contributed by atoms with E-state index < -0.39 is 32.4 Å². The molecule has 1 saturated carbocycles. The number of hydrogen-bond donors (Lipinski definition) is 0. The molecule has 158 valence electrons. The van der Waals surface area contributed by atoms with Gasteiger partial charge in [-0.3, -0.25) is 9.00 Å². The van der Waals surface area contributed by atoms with Crippen LogP contribution in [0.25, 0.3) is 0 Å². The van der Waals surface area contributed by atoms with Crippen molar-refractivity contribution in [2.45, 2.75) is 94.8 Å². The first-order chi connectivity index (χ1) is 13.1. The summed E-state index contributed by atoms with van der Waals surface area (Å²) in [6.07, 6.45) is 7.08. The van der Waals surface area contributed by atoms with E-state index in [1.807, 2.05) is 58.9 Å². The number of ether oxygens (including phenoxy) is 1. The first-order valence-electron chi connectivity index (χ1n) is 10.4. The average Bonchev–Trinajstić information content (AvgIpc) is 2.59. The van der Waals surface area contributed by atoms with Gasteiger partial charge in [0.05, 0.1) is 16.7 Å². The molecule has 1 aromatic carbocycles. The minimum Gasteiger partial charge on any atom is -0.460 e. The van der Waals surface area contributed by atoms with Gasteiger partial charge in [-0.25, -0.2) is 0 Å². The standard InChI is InChI=1S/C23H35ClO3S/c1-17-11-13-19(14-12-17)28(26)21(24)23(15-9-7-6-8-10-16-23)18(2)20(25)27-22(3,4)5/h11-14,18,21H,6-10,15-16H2,1-5H3. The van der Waals surface area contributed by atoms with E-state index in [1.54, 1.807) is 0 Å². The number of aryl methyl sites for hydroxylation is 1. The summed E-state index contributed by atoms with van der Waals surface area (Å²) in [6, 6.07) is 7.68. The molecule has 28 heavy (non-hydrogen) atoms. The van der Waals surface area contributed by atoms with E-state index in [2.05, 4.69) is 0 Å². The van der Waals surface area contributed by atoms with E-state index in [9.17, 15) is 9.00 Å². The number of alkyl halides is 1. The predicted octanol–water partition coefficient (Wildman–Crippen LogP) is 6.38. The molecular formula is C23H35ClO3S. The molecule has 0 radical (unpaired) electrons. The fourth-order valence-corrected chi connectivity index (χ4v) is 6.28. The minimum atomic E-state index is -1.39. The molecule has 2 rings (SSSR count). The number of hydrogen-bond acceptors (Lipinski definition) is 3. The van der Waals surface area contributed by atoms with Crippen LogP contribution in [0.4, 0.5) is 0 Å². The van der Waals surface area contributed by atoms with Crippen molar-refractivity contribution in [2.75, 3.05) is 0 Å². The Morgan fingerprint density at radius 3 is 2.07 bits per heavy atom. The zero-order valence-electron chi connectivity index (χ0n) is 17.9. The first-order valence-corrected chi connectivity index (χ1v) is 12.1. The molecule has 0 spiro atoms. The molecule has 1 fully saturated rings. The van der Waals surface area contributed by atoms with E-state index in [0.717, 1.165) is 49.0 Å². The zero-order chi connectivity index (χ0) is 20.9. The van der Waals surface area contributed by atoms with Crippen molar-refractivity contribution in [3.63, 3.8) is 0 Å². The Morgan fingerprint density at radius 1 is 1.07 bits per heavy atom. The molecule has 1 aromatic rings. The van der Waals surface area contributed by atoms with Crippen LogP contribution in [0.15, 0.2) is 29.2 Å². The highest BCUT2D eigenvalue weighted by Gasteiger charge is 2.49. The van der Waals surface area contributed by atoms with Gasteiger partial charge in [0.2, 0.25) is 0 Å². The Kier molecular flexibility index (Phi) is 8.16. The van der Waals surface area contributed by atoms with Crippen LogP contribution in [-0.4, -0.2) is 20.5 Å². The molecule has 3 atom stereocenters. The maximum atomic E-state index is 13.4. The van der Waals surface area contributed by atoms with Crippen molar-refractivity contribution in [1.29, 1.82) is 0 Å². The molecule has 0 amide bonds. The van der Waals surface area contributed by atoms with Crippen molar-refractivity contribution >= 4 is 28.4 Å². The van der Waals surface area contributed by atoms with E-state index in [0.29, 0.717) is 0 Å². The highest BCUT2D eigenvalue weighted by atomic mass is 35.5. The number of carbonyl (C=O) groups excluding carboxylic acids is 1. The van der Waals surface area contributed by atoms with Crippen LogP contribution in [0, 0.1) is 18.3 Å². The SMILES string of the molecule is Cc1ccc(S(=O)C(Cl)C2(C(C)C(=O)OC(C)(C)C)CCCCCCC2)cc1. The highest BCUT2D eigenvalue weighted by molar-refractivity contribution is 7.87. The molecule has 0 bridgehead atoms. The Bertz CT molecular complexity index is 670. The largest absolute Gasteiger partial charge is 0.460 e. The smallest absolute Gasteiger partial charge is 0.309 e. The van der Waals surface area contributed by atoms with Crippen molar-refractivity contribution in [1.82, 2.24) is 0 Å². The Balaban J connectivity index is 2.37. The summed E-state index contributed by atoms with van der Waals surface area (Å²) in [5.41, 5.74) is 0.0428. The van der Waals surface area contributed by atoms with Gasteiger partial charge in [-0.1, -0.05) is 56.7 Å². The lowest BCUT2D eigenvalue weighted by molar-refractivity contribution is -0.164. The molecule has 3 unspecified atom stereocenters. The second-order valence-electron chi connectivity index (χ2n) is 9.18. The van der Waals surface area contributed by atoms with Crippen molar-refractivity contribution < 1.29 is 13.7 Å². The number of rotatable bonds is 5. The van der Waals surface area contributed by atoms with Crippen LogP contribution in [0.2, 0.25) is 0 Å². The van der Waals surface area contributed by atoms with Crippen LogP contribution in [0.5, 0.6) is 0 Å². The second-order valence-corrected chi connectivity index (χ2v) is 11.4. The Morgan fingerprint density at radius 2 is 1.57 bits per heavy atom. The summed E-state index contributed by atoms with van der Waals surface area (Å²) in [5, 5.41) is 0. The predicted molar refractivity (Wildman–Crippen MR) is 117 cm³/mol. The van der Waals surface area contributed by atoms with E-state index >= 15 is 0 Å². The van der Waals surface area contributed by atoms with E-state index in [-0.39, 0.29) is 5.97 Å². The highest BCUT2D eigenvalue weighted by Crippen LogP contribution is 2.48. The summed E-state index contributed by atoms with van der Waals surface area (Å²) >= 11 is 6.97. The maximum Gasteiger partial charge on any atom is 0.309 e. The molecule has 3 nitrogen and oxygen atoms in total. The van der Waals surface area contributed by atoms with Gasteiger partial charge >= 0.3 is 5.97 Å². The number of halogens is 1. The minimum absolute atomic E-state index is 0.236. The van der Waals surface area contributed by atoms with Crippen molar-refractivity contribution in [3.8, 4) is 0 Å². The van der Waals surface area contributed by atoms with Crippen LogP contribution in [0.3, 0.4) is 0 Å². The second kappa shape index (κ2) is 9.75. The molecule has 0 N–H and O–H groups in total. The lowest BCUT2D eigenvalue weighted by atomic mass is 9.69. The van der Waals surface area contributed by atoms with Gasteiger partial charge in [-0.15, -0.1) is 11.6 Å². The quantitative estimate of drug-likeness (QED) is 0.405. The summed E-state index contributed by atoms with van der Waals surface area (Å²) in [6.45, 7) is 9.56. The van der Waals surface area contributed by atoms with Gasteiger partial charge in [0.1, 0.15) is 10.3 Å². The van der Waals surface area contributed by atoms with Crippen LogP contribution >= 0.6 is 11.6 Å². The third-order valence-electron chi connectivity index (χ3n) is 5.80. The molecule has 0 saturated heterocycles. The lowest BCUT2D eigenvalue weighted by Gasteiger charge is -2.43. The zero-order valence-corrected chi connectivity index (χ0v) is 19.5. The van der Waals surface area contributed by atoms with E-state index in [4.69, 9.17) is 16.3 Å². The lowest BCUT2D eigenvalue weighted by Crippen LogP contribution is -2.45. The van der Waals surface area contributed by atoms with E-state index in [1.165, 1.54) is 6.42 Å². The fourth-order valence-electron chi connectivity index (χ4n) is 4.05. The summed E-state index contributed by atoms with van der Waals surface area (Å²) in [7, 11) is -1.39. The van der Waals surface area contributed by atoms with Gasteiger partial charge < -0.3 is 4.74 Å². The van der Waals surface area contributed by atoms with Crippen LogP contribution in [-0.2, 0) is 20.3 Å². The molecule has 1 aliphatic carbocycles. The third kappa shape index (κ3) is 5.82. The van der Waals surface area contributed by atoms with Gasteiger partial charge in [0.25, 0.3) is 0 Å².